The smallest absolute Gasteiger partial charge is 0.225 e. The molecule has 1 aliphatic rings. The highest BCUT2D eigenvalue weighted by molar-refractivity contribution is 7.21. The first kappa shape index (κ1) is 28.1. The van der Waals surface area contributed by atoms with E-state index in [4.69, 9.17) is 4.98 Å². The van der Waals surface area contributed by atoms with Gasteiger partial charge in [-0.3, -0.25) is 4.98 Å². The lowest BCUT2D eigenvalue weighted by Crippen LogP contribution is -2.40. The Kier molecular flexibility index (Phi) is 7.42. The lowest BCUT2D eigenvalue weighted by molar-refractivity contribution is -0.0601. The van der Waals surface area contributed by atoms with Gasteiger partial charge in [0.1, 0.15) is 39.9 Å². The van der Waals surface area contributed by atoms with Crippen molar-refractivity contribution in [2.45, 2.75) is 64.5 Å². The maximum Gasteiger partial charge on any atom is 0.225 e. The van der Waals surface area contributed by atoms with Crippen molar-refractivity contribution in [1.29, 1.82) is 0 Å². The van der Waals surface area contributed by atoms with Gasteiger partial charge in [-0.1, -0.05) is 0 Å². The van der Waals surface area contributed by atoms with E-state index in [9.17, 15) is 28.5 Å². The number of thiazole rings is 1. The quantitative estimate of drug-likeness (QED) is 0.221. The van der Waals surface area contributed by atoms with Gasteiger partial charge in [-0.2, -0.15) is 4.98 Å². The third-order valence-corrected chi connectivity index (χ3v) is 8.27. The van der Waals surface area contributed by atoms with Crippen molar-refractivity contribution in [2.75, 3.05) is 10.6 Å². The number of aryl methyl sites for hydroxylation is 2. The number of hydrogen-bond acceptors (Lipinski definition) is 10. The molecule has 212 valence electrons. The van der Waals surface area contributed by atoms with Gasteiger partial charge in [0, 0.05) is 36.4 Å². The molecule has 4 atom stereocenters. The molecule has 0 saturated heterocycles. The first-order valence-electron chi connectivity index (χ1n) is 12.7. The van der Waals surface area contributed by atoms with E-state index >= 15 is 0 Å². The Morgan fingerprint density at radius 2 is 1.73 bits per heavy atom. The fourth-order valence-corrected chi connectivity index (χ4v) is 6.18. The maximum atomic E-state index is 14.2. The van der Waals surface area contributed by atoms with Crippen molar-refractivity contribution in [3.05, 3.63) is 58.8 Å². The Bertz CT molecular complexity index is 1550. The normalized spacial score (nSPS) is 21.2. The minimum Gasteiger partial charge on any atom is -0.390 e. The number of aliphatic hydroxyl groups excluding tert-OH is 2. The molecule has 5 rings (SSSR count). The molecule has 0 bridgehead atoms. The molecule has 0 amide bonds. The molecule has 1 fully saturated rings. The van der Waals surface area contributed by atoms with Crippen LogP contribution in [0.15, 0.2) is 24.4 Å². The van der Waals surface area contributed by atoms with Gasteiger partial charge in [0.25, 0.3) is 0 Å². The number of aliphatic hydroxyl groups is 3. The van der Waals surface area contributed by atoms with Crippen molar-refractivity contribution in [2.24, 2.45) is 5.92 Å². The summed E-state index contributed by atoms with van der Waals surface area (Å²) in [5.74, 6) is -3.42. The molecule has 4 aromatic rings. The van der Waals surface area contributed by atoms with Crippen LogP contribution in [0.1, 0.15) is 37.2 Å². The number of nitrogens with one attached hydrogen (secondary N) is 2. The molecule has 5 N–H and O–H groups in total. The molecule has 1 aromatic carbocycles. The number of benzene rings is 1. The molecule has 3 aromatic heterocycles. The van der Waals surface area contributed by atoms with Crippen LogP contribution in [0.3, 0.4) is 0 Å². The van der Waals surface area contributed by atoms with Crippen LogP contribution in [-0.4, -0.2) is 59.1 Å². The zero-order valence-corrected chi connectivity index (χ0v) is 23.0. The molecule has 40 heavy (non-hydrogen) atoms. The van der Waals surface area contributed by atoms with Crippen LogP contribution >= 0.6 is 11.3 Å². The van der Waals surface area contributed by atoms with Crippen LogP contribution in [0.5, 0.6) is 0 Å². The summed E-state index contributed by atoms with van der Waals surface area (Å²) < 4.78 is 42.7. The Morgan fingerprint density at radius 3 is 2.35 bits per heavy atom. The van der Waals surface area contributed by atoms with Gasteiger partial charge in [0.15, 0.2) is 0 Å². The SMILES string of the molecule is Cc1nc(NCc2c(F)cc(F)cc2F)nc(N[C@@H]2C[C@H](C(C)(C)O)[C@@H](O)[C@H]2O)c1-c1nc2c(C)nccc2s1. The Morgan fingerprint density at radius 1 is 1.02 bits per heavy atom. The van der Waals surface area contributed by atoms with Crippen LogP contribution < -0.4 is 10.6 Å². The van der Waals surface area contributed by atoms with E-state index in [-0.39, 0.29) is 30.3 Å². The third kappa shape index (κ3) is 5.33. The number of halogens is 3. The Hall–Kier alpha value is -3.39. The number of rotatable bonds is 7. The predicted octanol–water partition coefficient (Wildman–Crippen LogP) is 4.09. The third-order valence-electron chi connectivity index (χ3n) is 7.23. The van der Waals surface area contributed by atoms with E-state index in [0.29, 0.717) is 28.4 Å². The highest BCUT2D eigenvalue weighted by Crippen LogP contribution is 2.40. The van der Waals surface area contributed by atoms with Gasteiger partial charge in [0.05, 0.1) is 39.4 Å². The zero-order valence-electron chi connectivity index (χ0n) is 22.2. The topological polar surface area (TPSA) is 136 Å². The summed E-state index contributed by atoms with van der Waals surface area (Å²) in [6, 6.07) is 2.35. The van der Waals surface area contributed by atoms with Gasteiger partial charge >= 0.3 is 0 Å². The summed E-state index contributed by atoms with van der Waals surface area (Å²) in [6.45, 7) is 6.37. The molecule has 0 unspecified atom stereocenters. The fraction of sp³-hybridized carbons (Fsp3) is 0.407. The highest BCUT2D eigenvalue weighted by atomic mass is 32.1. The van der Waals surface area contributed by atoms with Gasteiger partial charge in [0.2, 0.25) is 5.95 Å². The lowest BCUT2D eigenvalue weighted by Gasteiger charge is -2.28. The van der Waals surface area contributed by atoms with E-state index in [1.165, 1.54) is 11.3 Å². The lowest BCUT2D eigenvalue weighted by atomic mass is 9.88. The molecule has 1 saturated carbocycles. The molecular weight excluding hydrogens is 545 g/mol. The van der Waals surface area contributed by atoms with Gasteiger partial charge < -0.3 is 26.0 Å². The minimum atomic E-state index is -1.24. The Balaban J connectivity index is 1.54. The van der Waals surface area contributed by atoms with Gasteiger partial charge in [-0.05, 0) is 40.2 Å². The molecule has 0 spiro atoms. The molecule has 3 heterocycles. The van der Waals surface area contributed by atoms with Crippen LogP contribution in [0, 0.1) is 37.2 Å². The second-order valence-corrected chi connectivity index (χ2v) is 11.6. The number of aromatic nitrogens is 4. The maximum absolute atomic E-state index is 14.2. The van der Waals surface area contributed by atoms with Crippen LogP contribution in [-0.2, 0) is 6.54 Å². The standard InChI is InChI=1S/C27H29F3N6O3S/c1-11-20(25-35-21-12(2)31-6-5-19(21)40-25)24(34-18-9-15(27(3,4)39)22(37)23(18)38)36-26(33-11)32-10-14-16(29)7-13(28)8-17(14)30/h5-8,15,18,22-23,37-39H,9-10H2,1-4H3,(H2,32,33,34,36)/t15-,18+,22+,23-/m0/s1. The predicted molar refractivity (Wildman–Crippen MR) is 145 cm³/mol. The van der Waals surface area contributed by atoms with E-state index in [1.807, 2.05) is 13.0 Å². The fourth-order valence-electron chi connectivity index (χ4n) is 5.06. The van der Waals surface area contributed by atoms with Crippen LogP contribution in [0.4, 0.5) is 24.9 Å². The van der Waals surface area contributed by atoms with E-state index in [1.54, 1.807) is 27.0 Å². The molecule has 0 aliphatic heterocycles. The first-order chi connectivity index (χ1) is 18.8. The summed E-state index contributed by atoms with van der Waals surface area (Å²) in [5, 5.41) is 38.6. The largest absolute Gasteiger partial charge is 0.390 e. The number of fused-ring (bicyclic) bond motifs is 1. The number of hydrogen-bond donors (Lipinski definition) is 5. The van der Waals surface area contributed by atoms with Gasteiger partial charge in [-0.25, -0.2) is 23.1 Å². The van der Waals surface area contributed by atoms with E-state index < -0.39 is 47.2 Å². The summed E-state index contributed by atoms with van der Waals surface area (Å²) >= 11 is 1.40. The average molecular weight is 575 g/mol. The average Bonchev–Trinajstić information content (AvgIpc) is 3.40. The molecular formula is C27H29F3N6O3S. The monoisotopic (exact) mass is 574 g/mol. The van der Waals surface area contributed by atoms with Crippen molar-refractivity contribution in [3.8, 4) is 10.6 Å². The highest BCUT2D eigenvalue weighted by Gasteiger charge is 2.48. The molecule has 1 aliphatic carbocycles. The summed E-state index contributed by atoms with van der Waals surface area (Å²) in [5.41, 5.74) is 0.871. The van der Waals surface area contributed by atoms with Crippen molar-refractivity contribution in [3.63, 3.8) is 0 Å². The van der Waals surface area contributed by atoms with Gasteiger partial charge in [-0.15, -0.1) is 11.3 Å². The minimum absolute atomic E-state index is 0.0258. The van der Waals surface area contributed by atoms with E-state index in [2.05, 4.69) is 25.6 Å². The van der Waals surface area contributed by atoms with E-state index in [0.717, 1.165) is 15.9 Å². The first-order valence-corrected chi connectivity index (χ1v) is 13.5. The summed E-state index contributed by atoms with van der Waals surface area (Å²) in [7, 11) is 0. The molecule has 9 nitrogen and oxygen atoms in total. The number of pyridine rings is 1. The second kappa shape index (κ2) is 10.5. The van der Waals surface area contributed by atoms with Crippen molar-refractivity contribution >= 4 is 33.3 Å². The number of anilines is 2. The second-order valence-electron chi connectivity index (χ2n) is 10.5. The molecule has 13 heteroatoms. The van der Waals surface area contributed by atoms with Crippen molar-refractivity contribution in [1.82, 2.24) is 19.9 Å². The summed E-state index contributed by atoms with van der Waals surface area (Å²) in [6.07, 6.45) is -0.454. The van der Waals surface area contributed by atoms with Crippen molar-refractivity contribution < 1.29 is 28.5 Å². The van der Waals surface area contributed by atoms with Crippen LogP contribution in [0.2, 0.25) is 0 Å². The van der Waals surface area contributed by atoms with Crippen LogP contribution in [0.25, 0.3) is 20.8 Å². The molecule has 0 radical (unpaired) electrons. The zero-order chi connectivity index (χ0) is 28.9. The number of nitrogens with zero attached hydrogens (tertiary/aromatic N) is 4. The Labute approximate surface area is 232 Å². The summed E-state index contributed by atoms with van der Waals surface area (Å²) in [4.78, 5) is 18.1.